The fourth-order valence-electron chi connectivity index (χ4n) is 2.50. The van der Waals surface area contributed by atoms with Gasteiger partial charge in [0.25, 0.3) is 0 Å². The lowest BCUT2D eigenvalue weighted by Gasteiger charge is -2.02. The summed E-state index contributed by atoms with van der Waals surface area (Å²) in [4.78, 5) is 11.8. The zero-order valence-corrected chi connectivity index (χ0v) is 11.0. The number of H-pyrrole nitrogens is 1. The van der Waals surface area contributed by atoms with E-state index in [2.05, 4.69) is 21.0 Å². The summed E-state index contributed by atoms with van der Waals surface area (Å²) in [5.41, 5.74) is 9.47. The van der Waals surface area contributed by atoms with Crippen molar-refractivity contribution in [1.82, 2.24) is 15.0 Å². The standard InChI is InChI=1S/C16H12N4O/c17-15-6-12-13-5-10(9-1-3-11(21)4-2-9)7-19-16(13)20-14(12)8-18-15/h1-8,21H,(H2,17,18)(H,19,20). The third-order valence-electron chi connectivity index (χ3n) is 3.56. The van der Waals surface area contributed by atoms with Crippen LogP contribution in [0, 0.1) is 0 Å². The first kappa shape index (κ1) is 11.7. The molecule has 0 bridgehead atoms. The minimum Gasteiger partial charge on any atom is -0.508 e. The molecule has 1 aromatic carbocycles. The first-order valence-corrected chi connectivity index (χ1v) is 6.53. The van der Waals surface area contributed by atoms with Gasteiger partial charge >= 0.3 is 0 Å². The molecule has 0 saturated heterocycles. The molecular weight excluding hydrogens is 264 g/mol. The zero-order valence-electron chi connectivity index (χ0n) is 11.0. The monoisotopic (exact) mass is 276 g/mol. The van der Waals surface area contributed by atoms with Crippen molar-refractivity contribution in [2.75, 3.05) is 5.73 Å². The van der Waals surface area contributed by atoms with Gasteiger partial charge < -0.3 is 15.8 Å². The molecule has 0 amide bonds. The molecule has 21 heavy (non-hydrogen) atoms. The fourth-order valence-corrected chi connectivity index (χ4v) is 2.50. The number of rotatable bonds is 1. The van der Waals surface area contributed by atoms with E-state index in [1.165, 1.54) is 0 Å². The predicted molar refractivity (Wildman–Crippen MR) is 82.9 cm³/mol. The number of phenolic OH excluding ortho intramolecular Hbond substituents is 1. The third-order valence-corrected chi connectivity index (χ3v) is 3.56. The van der Waals surface area contributed by atoms with Crippen LogP contribution in [-0.2, 0) is 0 Å². The van der Waals surface area contributed by atoms with E-state index in [1.807, 2.05) is 18.2 Å². The topological polar surface area (TPSA) is 87.8 Å². The lowest BCUT2D eigenvalue weighted by atomic mass is 10.1. The van der Waals surface area contributed by atoms with E-state index in [4.69, 9.17) is 5.73 Å². The van der Waals surface area contributed by atoms with Gasteiger partial charge in [0.15, 0.2) is 0 Å². The first-order valence-electron chi connectivity index (χ1n) is 6.53. The van der Waals surface area contributed by atoms with Crippen LogP contribution in [0.15, 0.2) is 48.8 Å². The highest BCUT2D eigenvalue weighted by Crippen LogP contribution is 2.29. The summed E-state index contributed by atoms with van der Waals surface area (Å²) in [7, 11) is 0. The molecule has 5 nitrogen and oxygen atoms in total. The third kappa shape index (κ3) is 1.87. The Morgan fingerprint density at radius 1 is 0.905 bits per heavy atom. The molecule has 5 heteroatoms. The molecule has 102 valence electrons. The van der Waals surface area contributed by atoms with Gasteiger partial charge in [0.05, 0.1) is 11.7 Å². The molecule has 4 aromatic rings. The average Bonchev–Trinajstić information content (AvgIpc) is 2.85. The van der Waals surface area contributed by atoms with Crippen molar-refractivity contribution in [1.29, 1.82) is 0 Å². The maximum absolute atomic E-state index is 9.37. The number of fused-ring (bicyclic) bond motifs is 3. The lowest BCUT2D eigenvalue weighted by Crippen LogP contribution is -1.87. The first-order chi connectivity index (χ1) is 10.2. The molecule has 0 aliphatic carbocycles. The largest absolute Gasteiger partial charge is 0.508 e. The molecule has 0 atom stereocenters. The van der Waals surface area contributed by atoms with Crippen molar-refractivity contribution in [3.8, 4) is 16.9 Å². The van der Waals surface area contributed by atoms with Gasteiger partial charge in [0.2, 0.25) is 0 Å². The number of nitrogens with zero attached hydrogens (tertiary/aromatic N) is 2. The second-order valence-electron chi connectivity index (χ2n) is 4.95. The molecule has 4 rings (SSSR count). The number of aromatic nitrogens is 3. The van der Waals surface area contributed by atoms with Crippen LogP contribution < -0.4 is 5.73 Å². The van der Waals surface area contributed by atoms with E-state index < -0.39 is 0 Å². The van der Waals surface area contributed by atoms with Gasteiger partial charge in [-0.25, -0.2) is 9.97 Å². The van der Waals surface area contributed by atoms with Crippen molar-refractivity contribution in [2.24, 2.45) is 0 Å². The molecule has 0 radical (unpaired) electrons. The number of aromatic amines is 1. The molecule has 3 aromatic heterocycles. The molecule has 0 saturated carbocycles. The minimum absolute atomic E-state index is 0.249. The number of phenols is 1. The van der Waals surface area contributed by atoms with Crippen LogP contribution in [0.1, 0.15) is 0 Å². The summed E-state index contributed by atoms with van der Waals surface area (Å²) in [5.74, 6) is 0.733. The minimum atomic E-state index is 0.249. The smallest absolute Gasteiger partial charge is 0.138 e. The number of aromatic hydroxyl groups is 1. The van der Waals surface area contributed by atoms with Crippen molar-refractivity contribution in [2.45, 2.75) is 0 Å². The Kier molecular flexibility index (Phi) is 2.35. The summed E-state index contributed by atoms with van der Waals surface area (Å²) in [5, 5.41) is 11.4. The summed E-state index contributed by atoms with van der Waals surface area (Å²) < 4.78 is 0. The van der Waals surface area contributed by atoms with E-state index in [1.54, 1.807) is 24.5 Å². The number of anilines is 1. The lowest BCUT2D eigenvalue weighted by molar-refractivity contribution is 0.475. The van der Waals surface area contributed by atoms with Gasteiger partial charge in [0.1, 0.15) is 17.2 Å². The molecule has 3 heterocycles. The van der Waals surface area contributed by atoms with Gasteiger partial charge in [-0.2, -0.15) is 0 Å². The summed E-state index contributed by atoms with van der Waals surface area (Å²) in [6.07, 6.45) is 3.52. The second kappa shape index (κ2) is 4.21. The van der Waals surface area contributed by atoms with Crippen LogP contribution in [-0.4, -0.2) is 20.1 Å². The molecule has 0 unspecified atom stereocenters. The number of hydrogen-bond acceptors (Lipinski definition) is 4. The number of pyridine rings is 2. The highest BCUT2D eigenvalue weighted by molar-refractivity contribution is 6.07. The average molecular weight is 276 g/mol. The molecule has 0 fully saturated rings. The van der Waals surface area contributed by atoms with E-state index in [-0.39, 0.29) is 5.75 Å². The highest BCUT2D eigenvalue weighted by atomic mass is 16.3. The van der Waals surface area contributed by atoms with E-state index in [0.717, 1.165) is 33.1 Å². The highest BCUT2D eigenvalue weighted by Gasteiger charge is 2.08. The summed E-state index contributed by atoms with van der Waals surface area (Å²) >= 11 is 0. The van der Waals surface area contributed by atoms with Crippen molar-refractivity contribution < 1.29 is 5.11 Å². The maximum atomic E-state index is 9.37. The Hall–Kier alpha value is -3.08. The Balaban J connectivity index is 1.98. The fraction of sp³-hybridized carbons (Fsp3) is 0. The molecule has 0 aliphatic heterocycles. The number of nitrogens with one attached hydrogen (secondary N) is 1. The van der Waals surface area contributed by atoms with Crippen LogP contribution in [0.2, 0.25) is 0 Å². The van der Waals surface area contributed by atoms with Crippen LogP contribution in [0.5, 0.6) is 5.75 Å². The quantitative estimate of drug-likeness (QED) is 0.498. The van der Waals surface area contributed by atoms with Crippen LogP contribution in [0.4, 0.5) is 5.82 Å². The number of nitrogens with two attached hydrogens (primary N) is 1. The normalized spacial score (nSPS) is 11.2. The second-order valence-corrected chi connectivity index (χ2v) is 4.95. The number of benzene rings is 1. The summed E-state index contributed by atoms with van der Waals surface area (Å²) in [6.45, 7) is 0. The van der Waals surface area contributed by atoms with E-state index >= 15 is 0 Å². The van der Waals surface area contributed by atoms with Gasteiger partial charge in [-0.15, -0.1) is 0 Å². The number of nitrogen functional groups attached to an aromatic ring is 1. The Morgan fingerprint density at radius 3 is 2.52 bits per heavy atom. The number of hydrogen-bond donors (Lipinski definition) is 3. The Morgan fingerprint density at radius 2 is 1.71 bits per heavy atom. The SMILES string of the molecule is Nc1cc2c(cn1)[nH]c1ncc(-c3ccc(O)cc3)cc12. The molecular formula is C16H12N4O. The summed E-state index contributed by atoms with van der Waals surface area (Å²) in [6, 6.07) is 11.0. The van der Waals surface area contributed by atoms with Gasteiger partial charge in [-0.05, 0) is 29.8 Å². The molecule has 0 aliphatic rings. The van der Waals surface area contributed by atoms with Crippen molar-refractivity contribution in [3.05, 3.63) is 48.8 Å². The van der Waals surface area contributed by atoms with Crippen LogP contribution in [0.25, 0.3) is 33.1 Å². The van der Waals surface area contributed by atoms with Crippen LogP contribution in [0.3, 0.4) is 0 Å². The van der Waals surface area contributed by atoms with Crippen molar-refractivity contribution >= 4 is 27.8 Å². The van der Waals surface area contributed by atoms with Gasteiger partial charge in [-0.3, -0.25) is 0 Å². The van der Waals surface area contributed by atoms with Crippen LogP contribution >= 0.6 is 0 Å². The Bertz CT molecular complexity index is 957. The zero-order chi connectivity index (χ0) is 14.4. The van der Waals surface area contributed by atoms with Gasteiger partial charge in [-0.1, -0.05) is 12.1 Å². The molecule has 4 N–H and O–H groups in total. The predicted octanol–water partition coefficient (Wildman–Crippen LogP) is 3.07. The molecule has 0 spiro atoms. The van der Waals surface area contributed by atoms with Crippen molar-refractivity contribution in [3.63, 3.8) is 0 Å². The van der Waals surface area contributed by atoms with E-state index in [9.17, 15) is 5.11 Å². The van der Waals surface area contributed by atoms with Gasteiger partial charge in [0, 0.05) is 22.5 Å². The van der Waals surface area contributed by atoms with E-state index in [0.29, 0.717) is 5.82 Å². The Labute approximate surface area is 120 Å². The maximum Gasteiger partial charge on any atom is 0.138 e.